The zero-order chi connectivity index (χ0) is 19.6. The Kier molecular flexibility index (Phi) is 5.43. The zero-order valence-corrected chi connectivity index (χ0v) is 15.5. The molecule has 1 saturated heterocycles. The molecule has 0 bridgehead atoms. The monoisotopic (exact) mass is 372 g/mol. The highest BCUT2D eigenvalue weighted by Crippen LogP contribution is 2.41. The van der Waals surface area contributed by atoms with Crippen molar-refractivity contribution < 1.29 is 19.2 Å². The summed E-state index contributed by atoms with van der Waals surface area (Å²) >= 11 is 0. The van der Waals surface area contributed by atoms with Gasteiger partial charge < -0.3 is 20.4 Å². The molecule has 8 nitrogen and oxygen atoms in total. The lowest BCUT2D eigenvalue weighted by Gasteiger charge is -2.34. The zero-order valence-electron chi connectivity index (χ0n) is 15.5. The van der Waals surface area contributed by atoms with Gasteiger partial charge in [0.1, 0.15) is 0 Å². The number of nitrogens with zero attached hydrogens (tertiary/aromatic N) is 2. The lowest BCUT2D eigenvalue weighted by Crippen LogP contribution is -2.50. The van der Waals surface area contributed by atoms with Crippen molar-refractivity contribution in [1.82, 2.24) is 9.80 Å². The van der Waals surface area contributed by atoms with Crippen molar-refractivity contribution in [3.8, 4) is 0 Å². The van der Waals surface area contributed by atoms with Crippen LogP contribution < -0.4 is 10.6 Å². The molecule has 1 aromatic carbocycles. The van der Waals surface area contributed by atoms with E-state index in [1.54, 1.807) is 34.1 Å². The normalized spacial score (nSPS) is 21.4. The minimum absolute atomic E-state index is 0.000594. The molecule has 2 N–H and O–H groups in total. The van der Waals surface area contributed by atoms with Crippen molar-refractivity contribution in [3.63, 3.8) is 0 Å². The van der Waals surface area contributed by atoms with E-state index in [4.69, 9.17) is 0 Å². The fourth-order valence-corrected chi connectivity index (χ4v) is 3.31. The molecule has 1 aliphatic heterocycles. The number of nitrogens with one attached hydrogen (secondary N) is 2. The molecule has 8 heteroatoms. The maximum atomic E-state index is 12.6. The third kappa shape index (κ3) is 4.64. The number of hydrogen-bond donors (Lipinski definition) is 2. The molecule has 27 heavy (non-hydrogen) atoms. The number of hydrogen-bond acceptors (Lipinski definition) is 4. The number of anilines is 2. The van der Waals surface area contributed by atoms with Gasteiger partial charge in [0.15, 0.2) is 0 Å². The summed E-state index contributed by atoms with van der Waals surface area (Å²) in [5.74, 6) is -0.876. The van der Waals surface area contributed by atoms with Crippen molar-refractivity contribution >= 4 is 35.0 Å². The van der Waals surface area contributed by atoms with Gasteiger partial charge in [0.2, 0.25) is 23.6 Å². The molecule has 1 aliphatic carbocycles. The van der Waals surface area contributed by atoms with Crippen LogP contribution in [0.5, 0.6) is 0 Å². The Morgan fingerprint density at radius 3 is 1.85 bits per heavy atom. The van der Waals surface area contributed by atoms with Gasteiger partial charge in [0.05, 0.1) is 11.8 Å². The lowest BCUT2D eigenvalue weighted by molar-refractivity contribution is -0.139. The summed E-state index contributed by atoms with van der Waals surface area (Å²) in [4.78, 5) is 50.8. The Morgan fingerprint density at radius 1 is 0.815 bits per heavy atom. The molecule has 1 saturated carbocycles. The smallest absolute Gasteiger partial charge is 0.228 e. The first-order chi connectivity index (χ1) is 12.8. The SMILES string of the molecule is CC(=O)Nc1ccc(NC(=O)C2CC2C(=O)N2CCN(C(C)=O)CC2)cc1. The molecule has 3 rings (SSSR count). The Morgan fingerprint density at radius 2 is 1.33 bits per heavy atom. The minimum atomic E-state index is -0.307. The first kappa shape index (κ1) is 18.9. The van der Waals surface area contributed by atoms with Crippen molar-refractivity contribution in [3.05, 3.63) is 24.3 Å². The topological polar surface area (TPSA) is 98.8 Å². The summed E-state index contributed by atoms with van der Waals surface area (Å²) in [5.41, 5.74) is 1.28. The molecule has 2 aliphatic rings. The predicted molar refractivity (Wildman–Crippen MR) is 99.8 cm³/mol. The average molecular weight is 372 g/mol. The van der Waals surface area contributed by atoms with Gasteiger partial charge in [-0.25, -0.2) is 0 Å². The molecule has 144 valence electrons. The van der Waals surface area contributed by atoms with Gasteiger partial charge in [0.25, 0.3) is 0 Å². The van der Waals surface area contributed by atoms with Crippen LogP contribution in [0, 0.1) is 11.8 Å². The molecular formula is C19H24N4O4. The number of rotatable bonds is 4. The second kappa shape index (κ2) is 7.77. The lowest BCUT2D eigenvalue weighted by atomic mass is 10.2. The minimum Gasteiger partial charge on any atom is -0.339 e. The maximum absolute atomic E-state index is 12.6. The summed E-state index contributed by atoms with van der Waals surface area (Å²) in [5, 5.41) is 5.48. The molecule has 2 unspecified atom stereocenters. The van der Waals surface area contributed by atoms with Gasteiger partial charge in [-0.15, -0.1) is 0 Å². The predicted octanol–water partition coefficient (Wildman–Crippen LogP) is 0.910. The molecule has 1 aromatic rings. The summed E-state index contributed by atoms with van der Waals surface area (Å²) in [6.45, 7) is 5.10. The van der Waals surface area contributed by atoms with Crippen molar-refractivity contribution in [2.45, 2.75) is 20.3 Å². The van der Waals surface area contributed by atoms with E-state index in [0.717, 1.165) is 0 Å². The molecule has 2 fully saturated rings. The second-order valence-corrected chi connectivity index (χ2v) is 7.03. The fourth-order valence-electron chi connectivity index (χ4n) is 3.31. The molecule has 0 spiro atoms. The van der Waals surface area contributed by atoms with E-state index in [2.05, 4.69) is 10.6 Å². The van der Waals surface area contributed by atoms with Gasteiger partial charge in [-0.3, -0.25) is 19.2 Å². The van der Waals surface area contributed by atoms with Crippen LogP contribution in [-0.4, -0.2) is 59.6 Å². The van der Waals surface area contributed by atoms with Gasteiger partial charge in [-0.05, 0) is 30.7 Å². The Labute approximate surface area is 157 Å². The van der Waals surface area contributed by atoms with Gasteiger partial charge >= 0.3 is 0 Å². The number of amides is 4. The number of carbonyl (C=O) groups excluding carboxylic acids is 4. The van der Waals surface area contributed by atoms with Crippen molar-refractivity contribution in [2.75, 3.05) is 36.8 Å². The summed E-state index contributed by atoms with van der Waals surface area (Å²) < 4.78 is 0. The van der Waals surface area contributed by atoms with Gasteiger partial charge in [-0.1, -0.05) is 0 Å². The van der Waals surface area contributed by atoms with E-state index in [0.29, 0.717) is 44.0 Å². The number of piperazine rings is 1. The van der Waals surface area contributed by atoms with Crippen molar-refractivity contribution in [1.29, 1.82) is 0 Å². The fraction of sp³-hybridized carbons (Fsp3) is 0.474. The second-order valence-electron chi connectivity index (χ2n) is 7.03. The molecule has 0 radical (unpaired) electrons. The Hall–Kier alpha value is -2.90. The molecular weight excluding hydrogens is 348 g/mol. The van der Waals surface area contributed by atoms with Crippen LogP contribution in [0.15, 0.2) is 24.3 Å². The molecule has 1 heterocycles. The van der Waals surface area contributed by atoms with E-state index in [1.807, 2.05) is 0 Å². The third-order valence-electron chi connectivity index (χ3n) is 4.95. The highest BCUT2D eigenvalue weighted by Gasteiger charge is 2.49. The standard InChI is InChI=1S/C19H24N4O4/c1-12(24)20-14-3-5-15(6-4-14)21-18(26)16-11-17(16)19(27)23-9-7-22(8-10-23)13(2)25/h3-6,16-17H,7-11H2,1-2H3,(H,20,24)(H,21,26). The van der Waals surface area contributed by atoms with E-state index in [9.17, 15) is 19.2 Å². The van der Waals surface area contributed by atoms with Crippen LogP contribution in [-0.2, 0) is 19.2 Å². The van der Waals surface area contributed by atoms with E-state index in [1.165, 1.54) is 13.8 Å². The highest BCUT2D eigenvalue weighted by atomic mass is 16.2. The van der Waals surface area contributed by atoms with Gasteiger partial charge in [-0.2, -0.15) is 0 Å². The van der Waals surface area contributed by atoms with Gasteiger partial charge in [0, 0.05) is 51.4 Å². The first-order valence-electron chi connectivity index (χ1n) is 9.08. The van der Waals surface area contributed by atoms with Crippen LogP contribution in [0.2, 0.25) is 0 Å². The molecule has 2 atom stereocenters. The van der Waals surface area contributed by atoms with Crippen molar-refractivity contribution in [2.24, 2.45) is 11.8 Å². The van der Waals surface area contributed by atoms with E-state index in [-0.39, 0.29) is 35.5 Å². The summed E-state index contributed by atoms with van der Waals surface area (Å²) in [6, 6.07) is 6.84. The molecule has 0 aromatic heterocycles. The molecule has 4 amide bonds. The van der Waals surface area contributed by atoms with Crippen LogP contribution in [0.3, 0.4) is 0 Å². The maximum Gasteiger partial charge on any atom is 0.228 e. The summed E-state index contributed by atoms with van der Waals surface area (Å²) in [7, 11) is 0. The summed E-state index contributed by atoms with van der Waals surface area (Å²) in [6.07, 6.45) is 0.557. The van der Waals surface area contributed by atoms with Crippen LogP contribution >= 0.6 is 0 Å². The quantitative estimate of drug-likeness (QED) is 0.821. The van der Waals surface area contributed by atoms with E-state index >= 15 is 0 Å². The van der Waals surface area contributed by atoms with Crippen LogP contribution in [0.4, 0.5) is 11.4 Å². The number of benzene rings is 1. The first-order valence-corrected chi connectivity index (χ1v) is 9.08. The van der Waals surface area contributed by atoms with Crippen LogP contribution in [0.1, 0.15) is 20.3 Å². The third-order valence-corrected chi connectivity index (χ3v) is 4.95. The van der Waals surface area contributed by atoms with Crippen LogP contribution in [0.25, 0.3) is 0 Å². The Balaban J connectivity index is 1.48. The average Bonchev–Trinajstić information content (AvgIpc) is 3.43. The largest absolute Gasteiger partial charge is 0.339 e. The van der Waals surface area contributed by atoms with E-state index < -0.39 is 0 Å². The highest BCUT2D eigenvalue weighted by molar-refractivity contribution is 5.99. The Bertz CT molecular complexity index is 753. The number of carbonyl (C=O) groups is 4.